The Bertz CT molecular complexity index is 2800. The quantitative estimate of drug-likeness (QED) is 0.182. The molecule has 10 rings (SSSR count). The number of benzene rings is 8. The normalized spacial score (nSPS) is 12.9. The zero-order valence-corrected chi connectivity index (χ0v) is 29.6. The minimum atomic E-state index is -0.197. The van der Waals surface area contributed by atoms with E-state index in [9.17, 15) is 0 Å². The summed E-state index contributed by atoms with van der Waals surface area (Å²) in [6, 6.07) is 62.7. The van der Waals surface area contributed by atoms with Crippen LogP contribution in [0, 0.1) is 0 Å². The van der Waals surface area contributed by atoms with Crippen LogP contribution in [-0.2, 0) is 5.41 Å². The van der Waals surface area contributed by atoms with E-state index in [1.807, 2.05) is 60.7 Å². The molecule has 0 saturated heterocycles. The zero-order valence-electron chi connectivity index (χ0n) is 29.6. The van der Waals surface area contributed by atoms with Crippen LogP contribution in [0.15, 0.2) is 176 Å². The SMILES string of the molecule is CC1(C)c2cc(-c3ccc4ccccc4c3)ccc2-c2c1cc1ccccc1c2-c1cccc(-c2nc(-c3ccccc3)nc(-c3ccccc3)n2)c1. The smallest absolute Gasteiger partial charge is 0.164 e. The van der Waals surface area contributed by atoms with Crippen LogP contribution in [0.2, 0.25) is 0 Å². The van der Waals surface area contributed by atoms with E-state index in [1.54, 1.807) is 0 Å². The molecule has 0 saturated carbocycles. The molecule has 0 bridgehead atoms. The summed E-state index contributed by atoms with van der Waals surface area (Å²) in [5.41, 5.74) is 12.8. The van der Waals surface area contributed by atoms with Crippen molar-refractivity contribution in [1.29, 1.82) is 0 Å². The van der Waals surface area contributed by atoms with Gasteiger partial charge in [-0.2, -0.15) is 0 Å². The first-order valence-electron chi connectivity index (χ1n) is 18.2. The van der Waals surface area contributed by atoms with Crippen molar-refractivity contribution in [3.8, 4) is 67.5 Å². The Labute approximate surface area is 309 Å². The molecule has 1 aromatic heterocycles. The van der Waals surface area contributed by atoms with Crippen molar-refractivity contribution in [1.82, 2.24) is 15.0 Å². The first-order chi connectivity index (χ1) is 26.0. The number of nitrogens with zero attached hydrogens (tertiary/aromatic N) is 3. The van der Waals surface area contributed by atoms with Gasteiger partial charge in [-0.05, 0) is 90.3 Å². The van der Waals surface area contributed by atoms with E-state index in [2.05, 4.69) is 129 Å². The topological polar surface area (TPSA) is 38.7 Å². The van der Waals surface area contributed by atoms with Crippen molar-refractivity contribution in [2.24, 2.45) is 0 Å². The average Bonchev–Trinajstić information content (AvgIpc) is 3.45. The van der Waals surface area contributed by atoms with E-state index in [1.165, 1.54) is 60.5 Å². The van der Waals surface area contributed by atoms with E-state index in [4.69, 9.17) is 15.0 Å². The largest absolute Gasteiger partial charge is 0.208 e. The van der Waals surface area contributed by atoms with Crippen molar-refractivity contribution >= 4 is 21.5 Å². The summed E-state index contributed by atoms with van der Waals surface area (Å²) in [5.74, 6) is 1.96. The molecule has 250 valence electrons. The first kappa shape index (κ1) is 31.1. The number of hydrogen-bond donors (Lipinski definition) is 0. The lowest BCUT2D eigenvalue weighted by Crippen LogP contribution is -2.15. The highest BCUT2D eigenvalue weighted by molar-refractivity contribution is 6.08. The number of hydrogen-bond acceptors (Lipinski definition) is 3. The van der Waals surface area contributed by atoms with Crippen LogP contribution < -0.4 is 0 Å². The fourth-order valence-electron chi connectivity index (χ4n) is 8.14. The summed E-state index contributed by atoms with van der Waals surface area (Å²) in [7, 11) is 0. The van der Waals surface area contributed by atoms with Gasteiger partial charge in [0.1, 0.15) is 0 Å². The van der Waals surface area contributed by atoms with Crippen LogP contribution in [0.5, 0.6) is 0 Å². The van der Waals surface area contributed by atoms with E-state index in [0.717, 1.165) is 22.3 Å². The van der Waals surface area contributed by atoms with E-state index in [-0.39, 0.29) is 5.41 Å². The molecule has 1 aliphatic rings. The summed E-state index contributed by atoms with van der Waals surface area (Å²) in [4.78, 5) is 15.1. The van der Waals surface area contributed by atoms with Gasteiger partial charge in [0.2, 0.25) is 0 Å². The number of rotatable bonds is 5. The zero-order chi connectivity index (χ0) is 35.5. The molecule has 0 aliphatic heterocycles. The molecule has 0 spiro atoms. The minimum Gasteiger partial charge on any atom is -0.208 e. The summed E-state index contributed by atoms with van der Waals surface area (Å²) in [6.45, 7) is 4.75. The molecule has 1 heterocycles. The molecule has 0 radical (unpaired) electrons. The Morgan fingerprint density at radius 2 is 0.887 bits per heavy atom. The van der Waals surface area contributed by atoms with Gasteiger partial charge >= 0.3 is 0 Å². The molecule has 8 aromatic carbocycles. The van der Waals surface area contributed by atoms with E-state index < -0.39 is 0 Å². The van der Waals surface area contributed by atoms with Gasteiger partial charge in [0.15, 0.2) is 17.5 Å². The van der Waals surface area contributed by atoms with Crippen LogP contribution in [-0.4, -0.2) is 15.0 Å². The fraction of sp³-hybridized carbons (Fsp3) is 0.0600. The predicted molar refractivity (Wildman–Crippen MR) is 220 cm³/mol. The minimum absolute atomic E-state index is 0.197. The summed E-state index contributed by atoms with van der Waals surface area (Å²) in [6.07, 6.45) is 0. The van der Waals surface area contributed by atoms with Crippen molar-refractivity contribution in [2.75, 3.05) is 0 Å². The lowest BCUT2D eigenvalue weighted by atomic mass is 9.80. The van der Waals surface area contributed by atoms with Crippen molar-refractivity contribution in [3.05, 3.63) is 187 Å². The van der Waals surface area contributed by atoms with Gasteiger partial charge in [-0.1, -0.05) is 166 Å². The van der Waals surface area contributed by atoms with Crippen molar-refractivity contribution in [2.45, 2.75) is 19.3 Å². The molecule has 0 unspecified atom stereocenters. The molecule has 0 N–H and O–H groups in total. The molecular weight excluding hydrogens is 643 g/mol. The highest BCUT2D eigenvalue weighted by Crippen LogP contribution is 2.55. The van der Waals surface area contributed by atoms with Gasteiger partial charge in [0.25, 0.3) is 0 Å². The lowest BCUT2D eigenvalue weighted by Gasteiger charge is -2.23. The second kappa shape index (κ2) is 12.2. The maximum atomic E-state index is 5.06. The Balaban J connectivity index is 1.16. The molecule has 9 aromatic rings. The van der Waals surface area contributed by atoms with Crippen LogP contribution >= 0.6 is 0 Å². The van der Waals surface area contributed by atoms with Gasteiger partial charge in [-0.3, -0.25) is 0 Å². The van der Waals surface area contributed by atoms with E-state index in [0.29, 0.717) is 17.5 Å². The van der Waals surface area contributed by atoms with Crippen LogP contribution in [0.4, 0.5) is 0 Å². The molecule has 0 fully saturated rings. The highest BCUT2D eigenvalue weighted by Gasteiger charge is 2.38. The molecule has 0 amide bonds. The third-order valence-electron chi connectivity index (χ3n) is 10.9. The summed E-state index contributed by atoms with van der Waals surface area (Å²) in [5, 5.41) is 4.98. The standard InChI is InChI=1S/C50H35N3/c1-50(2)43-30-37(36-25-24-32-14-9-10-19-35(32)28-36)26-27-42(43)46-44(50)31-38-20-11-12-23-41(38)45(46)39-21-13-22-40(29-39)49-52-47(33-15-5-3-6-16-33)51-48(53-49)34-17-7-4-8-18-34/h3-31H,1-2H3. The van der Waals surface area contributed by atoms with Gasteiger partial charge < -0.3 is 0 Å². The Hall–Kier alpha value is -6.71. The lowest BCUT2D eigenvalue weighted by molar-refractivity contribution is 0.661. The molecule has 3 heteroatoms. The third-order valence-corrected chi connectivity index (χ3v) is 10.9. The average molecular weight is 678 g/mol. The predicted octanol–water partition coefficient (Wildman–Crippen LogP) is 12.8. The van der Waals surface area contributed by atoms with Crippen LogP contribution in [0.3, 0.4) is 0 Å². The highest BCUT2D eigenvalue weighted by atomic mass is 15.0. The maximum Gasteiger partial charge on any atom is 0.164 e. The van der Waals surface area contributed by atoms with Crippen LogP contribution in [0.1, 0.15) is 25.0 Å². The molecule has 1 aliphatic carbocycles. The Morgan fingerprint density at radius 3 is 1.60 bits per heavy atom. The molecule has 53 heavy (non-hydrogen) atoms. The van der Waals surface area contributed by atoms with E-state index >= 15 is 0 Å². The second-order valence-electron chi connectivity index (χ2n) is 14.5. The fourth-order valence-corrected chi connectivity index (χ4v) is 8.14. The second-order valence-corrected chi connectivity index (χ2v) is 14.5. The van der Waals surface area contributed by atoms with Crippen LogP contribution in [0.25, 0.3) is 89.1 Å². The summed E-state index contributed by atoms with van der Waals surface area (Å²) < 4.78 is 0. The van der Waals surface area contributed by atoms with Gasteiger partial charge in [0.05, 0.1) is 0 Å². The van der Waals surface area contributed by atoms with Gasteiger partial charge in [-0.25, -0.2) is 15.0 Å². The first-order valence-corrected chi connectivity index (χ1v) is 18.2. The van der Waals surface area contributed by atoms with Gasteiger partial charge in [0, 0.05) is 22.1 Å². The third kappa shape index (κ3) is 5.24. The molecular formula is C50H35N3. The van der Waals surface area contributed by atoms with Crippen molar-refractivity contribution in [3.63, 3.8) is 0 Å². The maximum absolute atomic E-state index is 5.06. The summed E-state index contributed by atoms with van der Waals surface area (Å²) >= 11 is 0. The monoisotopic (exact) mass is 677 g/mol. The molecule has 0 atom stereocenters. The van der Waals surface area contributed by atoms with Gasteiger partial charge in [-0.15, -0.1) is 0 Å². The number of fused-ring (bicyclic) bond motifs is 5. The van der Waals surface area contributed by atoms with Crippen molar-refractivity contribution < 1.29 is 0 Å². The Morgan fingerprint density at radius 1 is 0.340 bits per heavy atom. The number of aromatic nitrogens is 3. The molecule has 3 nitrogen and oxygen atoms in total. The Kier molecular flexibility index (Phi) is 7.16.